The lowest BCUT2D eigenvalue weighted by Gasteiger charge is -2.14. The number of ether oxygens (including phenoxy) is 1. The topological polar surface area (TPSA) is 41.8 Å². The van der Waals surface area contributed by atoms with Crippen LogP contribution in [0.5, 0.6) is 5.75 Å². The highest BCUT2D eigenvalue weighted by Crippen LogP contribution is 2.29. The van der Waals surface area contributed by atoms with Crippen molar-refractivity contribution < 1.29 is 9.84 Å². The van der Waals surface area contributed by atoms with Crippen LogP contribution in [0.25, 0.3) is 0 Å². The molecule has 2 aromatic carbocycles. The van der Waals surface area contributed by atoms with Crippen molar-refractivity contribution in [1.29, 1.82) is 0 Å². The Hall–Kier alpha value is -1.65. The molecule has 0 saturated heterocycles. The second-order valence-corrected chi connectivity index (χ2v) is 4.93. The summed E-state index contributed by atoms with van der Waals surface area (Å²) in [5.41, 5.74) is 1.66. The molecule has 1 N–H and O–H groups in total. The molecule has 0 spiro atoms. The van der Waals surface area contributed by atoms with Crippen molar-refractivity contribution in [3.05, 3.63) is 64.1 Å². The number of halogens is 1. The Balaban J connectivity index is 2.18. The number of hydrogen-bond acceptors (Lipinski definition) is 3. The molecule has 0 amide bonds. The van der Waals surface area contributed by atoms with Gasteiger partial charge in [0.25, 0.3) is 0 Å². The SMILES string of the molecule is C=NC(O)c1cc(Br)ccc1OCc1ccccc1. The minimum Gasteiger partial charge on any atom is -0.488 e. The molecule has 3 nitrogen and oxygen atoms in total. The quantitative estimate of drug-likeness (QED) is 0.853. The molecule has 19 heavy (non-hydrogen) atoms. The van der Waals surface area contributed by atoms with E-state index in [4.69, 9.17) is 4.74 Å². The average Bonchev–Trinajstić information content (AvgIpc) is 2.46. The first kappa shape index (κ1) is 13.8. The molecule has 0 saturated carbocycles. The van der Waals surface area contributed by atoms with Gasteiger partial charge >= 0.3 is 0 Å². The van der Waals surface area contributed by atoms with E-state index in [1.807, 2.05) is 36.4 Å². The molecule has 0 aromatic heterocycles. The number of aliphatic imine (C=N–C) groups is 1. The van der Waals surface area contributed by atoms with Crippen molar-refractivity contribution in [1.82, 2.24) is 0 Å². The van der Waals surface area contributed by atoms with E-state index in [0.717, 1.165) is 10.0 Å². The first-order valence-electron chi connectivity index (χ1n) is 5.81. The average molecular weight is 320 g/mol. The zero-order valence-electron chi connectivity index (χ0n) is 10.3. The summed E-state index contributed by atoms with van der Waals surface area (Å²) < 4.78 is 6.59. The molecule has 98 valence electrons. The largest absolute Gasteiger partial charge is 0.488 e. The van der Waals surface area contributed by atoms with Crippen LogP contribution in [0.2, 0.25) is 0 Å². The first-order valence-corrected chi connectivity index (χ1v) is 6.60. The molecule has 0 aliphatic carbocycles. The summed E-state index contributed by atoms with van der Waals surface area (Å²) in [7, 11) is 0. The lowest BCUT2D eigenvalue weighted by Crippen LogP contribution is -2.01. The molecule has 4 heteroatoms. The van der Waals surface area contributed by atoms with Crippen molar-refractivity contribution in [3.8, 4) is 5.75 Å². The van der Waals surface area contributed by atoms with E-state index in [1.165, 1.54) is 0 Å². The summed E-state index contributed by atoms with van der Waals surface area (Å²) in [4.78, 5) is 3.62. The van der Waals surface area contributed by atoms with Crippen LogP contribution in [0.3, 0.4) is 0 Å². The molecule has 0 radical (unpaired) electrons. The molecule has 0 heterocycles. The van der Waals surface area contributed by atoms with Gasteiger partial charge in [0, 0.05) is 10.0 Å². The fourth-order valence-electron chi connectivity index (χ4n) is 1.69. The summed E-state index contributed by atoms with van der Waals surface area (Å²) in [5, 5.41) is 9.80. The number of aliphatic hydroxyl groups is 1. The van der Waals surface area contributed by atoms with Crippen molar-refractivity contribution in [2.45, 2.75) is 12.8 Å². The van der Waals surface area contributed by atoms with Crippen LogP contribution in [0.15, 0.2) is 58.0 Å². The number of hydrogen-bond donors (Lipinski definition) is 1. The Morgan fingerprint density at radius 2 is 1.95 bits per heavy atom. The molecular weight excluding hydrogens is 306 g/mol. The van der Waals surface area contributed by atoms with Crippen molar-refractivity contribution >= 4 is 22.6 Å². The van der Waals surface area contributed by atoms with Crippen LogP contribution in [0.1, 0.15) is 17.4 Å². The Morgan fingerprint density at radius 1 is 1.21 bits per heavy atom. The van der Waals surface area contributed by atoms with Crippen LogP contribution in [0.4, 0.5) is 0 Å². The van der Waals surface area contributed by atoms with Gasteiger partial charge in [-0.25, -0.2) is 0 Å². The highest BCUT2D eigenvalue weighted by molar-refractivity contribution is 9.10. The smallest absolute Gasteiger partial charge is 0.174 e. The summed E-state index contributed by atoms with van der Waals surface area (Å²) in [6.07, 6.45) is -0.983. The van der Waals surface area contributed by atoms with Gasteiger partial charge in [0.1, 0.15) is 12.4 Å². The van der Waals surface area contributed by atoms with Gasteiger partial charge in [-0.15, -0.1) is 0 Å². The summed E-state index contributed by atoms with van der Waals surface area (Å²) >= 11 is 3.36. The summed E-state index contributed by atoms with van der Waals surface area (Å²) in [6.45, 7) is 3.80. The van der Waals surface area contributed by atoms with Crippen LogP contribution in [-0.2, 0) is 6.61 Å². The lowest BCUT2D eigenvalue weighted by molar-refractivity contribution is 0.181. The van der Waals surface area contributed by atoms with Gasteiger partial charge in [-0.1, -0.05) is 46.3 Å². The third-order valence-electron chi connectivity index (χ3n) is 2.66. The predicted octanol–water partition coefficient (Wildman–Crippen LogP) is 3.72. The Kier molecular flexibility index (Phi) is 4.71. The maximum atomic E-state index is 9.80. The van der Waals surface area contributed by atoms with Gasteiger partial charge < -0.3 is 9.84 Å². The highest BCUT2D eigenvalue weighted by atomic mass is 79.9. The van der Waals surface area contributed by atoms with Gasteiger partial charge in [-0.2, -0.15) is 0 Å². The summed E-state index contributed by atoms with van der Waals surface area (Å²) in [5.74, 6) is 0.604. The lowest BCUT2D eigenvalue weighted by atomic mass is 10.1. The Labute approximate surface area is 120 Å². The van der Waals surface area contributed by atoms with Gasteiger partial charge in [-0.3, -0.25) is 4.99 Å². The maximum Gasteiger partial charge on any atom is 0.174 e. The molecule has 1 atom stereocenters. The van der Waals surface area contributed by atoms with E-state index >= 15 is 0 Å². The van der Waals surface area contributed by atoms with Crippen LogP contribution >= 0.6 is 15.9 Å². The Bertz CT molecular complexity index is 557. The zero-order chi connectivity index (χ0) is 13.7. The molecule has 0 aliphatic rings. The Morgan fingerprint density at radius 3 is 2.63 bits per heavy atom. The number of benzene rings is 2. The minimum absolute atomic E-state index is 0.444. The fourth-order valence-corrected chi connectivity index (χ4v) is 2.06. The van der Waals surface area contributed by atoms with Crippen molar-refractivity contribution in [2.75, 3.05) is 0 Å². The zero-order valence-corrected chi connectivity index (χ0v) is 11.9. The second-order valence-electron chi connectivity index (χ2n) is 4.01. The minimum atomic E-state index is -0.983. The second kappa shape index (κ2) is 6.50. The molecule has 0 bridgehead atoms. The first-order chi connectivity index (χ1) is 9.20. The fraction of sp³-hybridized carbons (Fsp3) is 0.133. The van der Waals surface area contributed by atoms with Gasteiger partial charge in [-0.05, 0) is 30.5 Å². The molecule has 2 rings (SSSR count). The van der Waals surface area contributed by atoms with E-state index < -0.39 is 6.23 Å². The maximum absolute atomic E-state index is 9.80. The van der Waals surface area contributed by atoms with Crippen molar-refractivity contribution in [3.63, 3.8) is 0 Å². The molecule has 1 unspecified atom stereocenters. The van der Waals surface area contributed by atoms with Crippen LogP contribution in [-0.4, -0.2) is 11.8 Å². The molecule has 0 fully saturated rings. The molecule has 0 aliphatic heterocycles. The van der Waals surface area contributed by atoms with Gasteiger partial charge in [0.05, 0.1) is 0 Å². The highest BCUT2D eigenvalue weighted by Gasteiger charge is 2.12. The number of nitrogens with zero attached hydrogens (tertiary/aromatic N) is 1. The van der Waals surface area contributed by atoms with E-state index in [2.05, 4.69) is 27.6 Å². The number of aliphatic hydroxyl groups excluding tert-OH is 1. The van der Waals surface area contributed by atoms with Gasteiger partial charge in [0.15, 0.2) is 6.23 Å². The van der Waals surface area contributed by atoms with Crippen LogP contribution < -0.4 is 4.74 Å². The normalized spacial score (nSPS) is 11.9. The standard InChI is InChI=1S/C15H14BrNO2/c1-17-15(18)13-9-12(16)7-8-14(13)19-10-11-5-3-2-4-6-11/h2-9,15,18H,1,10H2. The predicted molar refractivity (Wildman–Crippen MR) is 79.4 cm³/mol. The molecular formula is C15H14BrNO2. The van der Waals surface area contributed by atoms with E-state index in [-0.39, 0.29) is 0 Å². The monoisotopic (exact) mass is 319 g/mol. The summed E-state index contributed by atoms with van der Waals surface area (Å²) in [6, 6.07) is 15.3. The van der Waals surface area contributed by atoms with Gasteiger partial charge in [0.2, 0.25) is 0 Å². The number of rotatable bonds is 5. The molecule has 2 aromatic rings. The van der Waals surface area contributed by atoms with Crippen LogP contribution in [0, 0.1) is 0 Å². The third kappa shape index (κ3) is 3.66. The van der Waals surface area contributed by atoms with Crippen molar-refractivity contribution in [2.24, 2.45) is 4.99 Å². The van der Waals surface area contributed by atoms with E-state index in [0.29, 0.717) is 17.9 Å². The van der Waals surface area contributed by atoms with E-state index in [9.17, 15) is 5.11 Å². The van der Waals surface area contributed by atoms with E-state index in [1.54, 1.807) is 12.1 Å². The third-order valence-corrected chi connectivity index (χ3v) is 3.15.